The average molecular weight is 453 g/mol. The summed E-state index contributed by atoms with van der Waals surface area (Å²) in [5, 5.41) is 9.14. The Hall–Kier alpha value is -1.98. The molecule has 0 saturated carbocycles. The van der Waals surface area contributed by atoms with E-state index in [4.69, 9.17) is 4.42 Å². The number of sulfone groups is 1. The largest absolute Gasteiger partial charge is 0.416 e. The van der Waals surface area contributed by atoms with Crippen LogP contribution in [0.4, 0.5) is 0 Å². The van der Waals surface area contributed by atoms with Crippen molar-refractivity contribution in [3.8, 4) is 0 Å². The van der Waals surface area contributed by atoms with Crippen molar-refractivity contribution >= 4 is 49.1 Å². The maximum Gasteiger partial charge on any atom is 0.277 e. The lowest BCUT2D eigenvalue weighted by Gasteiger charge is -2.14. The zero-order valence-electron chi connectivity index (χ0n) is 15.8. The zero-order valence-corrected chi connectivity index (χ0v) is 18.2. The Balaban J connectivity index is 1.27. The van der Waals surface area contributed by atoms with E-state index in [2.05, 4.69) is 15.2 Å². The predicted octanol–water partition coefficient (Wildman–Crippen LogP) is 2.41. The van der Waals surface area contributed by atoms with Crippen LogP contribution in [0, 0.1) is 5.92 Å². The summed E-state index contributed by atoms with van der Waals surface area (Å²) in [5.74, 6) is 0.969. The van der Waals surface area contributed by atoms with Gasteiger partial charge in [0.05, 0.1) is 34.0 Å². The molecule has 0 N–H and O–H groups in total. The minimum atomic E-state index is -2.92. The lowest BCUT2D eigenvalue weighted by atomic mass is 10.1. The molecule has 0 bridgehead atoms. The van der Waals surface area contributed by atoms with Crippen molar-refractivity contribution in [3.05, 3.63) is 35.2 Å². The number of carbonyl (C=O) groups is 1. The maximum atomic E-state index is 12.4. The standard InChI is InChI=1S/C18H20N4O4S3/c1-22(9-16-19-13-4-2-3-5-14(13)28-16)17(23)10-27-18-21-20-15(26-18)8-12-6-7-29(24,25)11-12/h2-5,12H,6-11H2,1H3/t12-/m0/s1. The molecule has 154 valence electrons. The number of carbonyl (C=O) groups excluding carboxylic acids is 1. The molecule has 0 radical (unpaired) electrons. The van der Waals surface area contributed by atoms with Gasteiger partial charge in [0.2, 0.25) is 11.8 Å². The van der Waals surface area contributed by atoms with E-state index in [1.807, 2.05) is 24.3 Å². The molecule has 1 atom stereocenters. The summed E-state index contributed by atoms with van der Waals surface area (Å²) in [6.07, 6.45) is 1.08. The molecule has 11 heteroatoms. The van der Waals surface area contributed by atoms with E-state index in [0.717, 1.165) is 15.2 Å². The minimum Gasteiger partial charge on any atom is -0.416 e. The van der Waals surface area contributed by atoms with Gasteiger partial charge < -0.3 is 9.32 Å². The molecule has 1 saturated heterocycles. The number of thiazole rings is 1. The van der Waals surface area contributed by atoms with Gasteiger partial charge in [0.25, 0.3) is 5.22 Å². The van der Waals surface area contributed by atoms with Crippen LogP contribution in [0.5, 0.6) is 0 Å². The molecule has 8 nitrogen and oxygen atoms in total. The first kappa shape index (κ1) is 20.3. The highest BCUT2D eigenvalue weighted by atomic mass is 32.2. The summed E-state index contributed by atoms with van der Waals surface area (Å²) < 4.78 is 29.8. The topological polar surface area (TPSA) is 106 Å². The quantitative estimate of drug-likeness (QED) is 0.503. The summed E-state index contributed by atoms with van der Waals surface area (Å²) in [7, 11) is -1.18. The summed E-state index contributed by atoms with van der Waals surface area (Å²) in [6, 6.07) is 7.89. The van der Waals surface area contributed by atoms with Gasteiger partial charge in [-0.15, -0.1) is 21.5 Å². The fourth-order valence-corrected chi connectivity index (χ4v) is 6.78. The number of amides is 1. The maximum absolute atomic E-state index is 12.4. The SMILES string of the molecule is CN(Cc1nc2ccccc2s1)C(=O)CSc1nnc(C[C@@H]2CCS(=O)(=O)C2)o1. The van der Waals surface area contributed by atoms with Crippen molar-refractivity contribution in [1.82, 2.24) is 20.1 Å². The predicted molar refractivity (Wildman–Crippen MR) is 112 cm³/mol. The highest BCUT2D eigenvalue weighted by Gasteiger charge is 2.29. The molecule has 1 aromatic carbocycles. The van der Waals surface area contributed by atoms with Gasteiger partial charge in [-0.1, -0.05) is 23.9 Å². The second-order valence-electron chi connectivity index (χ2n) is 7.05. The molecule has 0 spiro atoms. The summed E-state index contributed by atoms with van der Waals surface area (Å²) in [4.78, 5) is 18.6. The van der Waals surface area contributed by atoms with E-state index < -0.39 is 9.84 Å². The normalized spacial score (nSPS) is 18.3. The molecule has 1 fully saturated rings. The molecule has 4 rings (SSSR count). The van der Waals surface area contributed by atoms with Crippen LogP contribution in [0.15, 0.2) is 33.9 Å². The Kier molecular flexibility index (Phi) is 5.88. The van der Waals surface area contributed by atoms with E-state index >= 15 is 0 Å². The lowest BCUT2D eigenvalue weighted by molar-refractivity contribution is -0.127. The number of thioether (sulfide) groups is 1. The van der Waals surface area contributed by atoms with Crippen LogP contribution in [0.3, 0.4) is 0 Å². The van der Waals surface area contributed by atoms with Crippen LogP contribution in [-0.4, -0.2) is 58.7 Å². The molecule has 3 heterocycles. The van der Waals surface area contributed by atoms with Gasteiger partial charge in [0.1, 0.15) is 5.01 Å². The molecule has 29 heavy (non-hydrogen) atoms. The summed E-state index contributed by atoms with van der Waals surface area (Å²) >= 11 is 2.76. The third kappa shape index (κ3) is 5.14. The summed E-state index contributed by atoms with van der Waals surface area (Å²) in [5.41, 5.74) is 0.941. The first-order valence-electron chi connectivity index (χ1n) is 9.12. The van der Waals surface area contributed by atoms with Crippen LogP contribution in [0.2, 0.25) is 0 Å². The van der Waals surface area contributed by atoms with E-state index in [1.165, 1.54) is 11.8 Å². The molecular weight excluding hydrogens is 432 g/mol. The van der Waals surface area contributed by atoms with Crippen LogP contribution in [0.25, 0.3) is 10.2 Å². The Morgan fingerprint density at radius 1 is 1.34 bits per heavy atom. The van der Waals surface area contributed by atoms with Gasteiger partial charge in [-0.05, 0) is 24.5 Å². The highest BCUT2D eigenvalue weighted by molar-refractivity contribution is 7.99. The van der Waals surface area contributed by atoms with Gasteiger partial charge in [-0.3, -0.25) is 4.79 Å². The average Bonchev–Trinajstić information content (AvgIpc) is 3.38. The van der Waals surface area contributed by atoms with Crippen molar-refractivity contribution in [1.29, 1.82) is 0 Å². The van der Waals surface area contributed by atoms with Gasteiger partial charge in [0.15, 0.2) is 9.84 Å². The molecule has 0 unspecified atom stereocenters. The molecule has 1 aliphatic heterocycles. The second-order valence-corrected chi connectivity index (χ2v) is 11.3. The highest BCUT2D eigenvalue weighted by Crippen LogP contribution is 2.25. The van der Waals surface area contributed by atoms with Gasteiger partial charge in [-0.2, -0.15) is 0 Å². The molecular formula is C18H20N4O4S3. The number of hydrogen-bond acceptors (Lipinski definition) is 9. The molecule has 1 amide bonds. The van der Waals surface area contributed by atoms with E-state index in [1.54, 1.807) is 23.3 Å². The van der Waals surface area contributed by atoms with Crippen molar-refractivity contribution in [2.45, 2.75) is 24.6 Å². The molecule has 0 aliphatic carbocycles. The van der Waals surface area contributed by atoms with Crippen molar-refractivity contribution in [2.24, 2.45) is 5.92 Å². The van der Waals surface area contributed by atoms with Crippen LogP contribution < -0.4 is 0 Å². The van der Waals surface area contributed by atoms with Crippen LogP contribution >= 0.6 is 23.1 Å². The fraction of sp³-hybridized carbons (Fsp3) is 0.444. The fourth-order valence-electron chi connectivity index (χ4n) is 3.17. The van der Waals surface area contributed by atoms with Gasteiger partial charge in [0, 0.05) is 13.5 Å². The first-order valence-corrected chi connectivity index (χ1v) is 12.7. The first-order chi connectivity index (χ1) is 13.9. The third-order valence-corrected chi connectivity index (χ3v) is 8.36. The third-order valence-electron chi connectivity index (χ3n) is 4.69. The number of rotatable bonds is 7. The Morgan fingerprint density at radius 3 is 2.93 bits per heavy atom. The van der Waals surface area contributed by atoms with E-state index in [-0.39, 0.29) is 29.1 Å². The number of fused-ring (bicyclic) bond motifs is 1. The van der Waals surface area contributed by atoms with Crippen molar-refractivity contribution < 1.29 is 17.6 Å². The monoisotopic (exact) mass is 452 g/mol. The minimum absolute atomic E-state index is 0.0277. The lowest BCUT2D eigenvalue weighted by Crippen LogP contribution is -2.27. The second kappa shape index (κ2) is 8.41. The smallest absolute Gasteiger partial charge is 0.277 e. The van der Waals surface area contributed by atoms with Crippen molar-refractivity contribution in [2.75, 3.05) is 24.3 Å². The molecule has 1 aliphatic rings. The zero-order chi connectivity index (χ0) is 20.4. The number of hydrogen-bond donors (Lipinski definition) is 0. The number of benzene rings is 1. The Bertz CT molecular complexity index is 1090. The number of aromatic nitrogens is 3. The number of para-hydroxylation sites is 1. The Morgan fingerprint density at radius 2 is 2.17 bits per heavy atom. The molecule has 3 aromatic rings. The summed E-state index contributed by atoms with van der Waals surface area (Å²) in [6.45, 7) is 0.448. The number of nitrogens with zero attached hydrogens (tertiary/aromatic N) is 4. The Labute approximate surface area is 176 Å². The van der Waals surface area contributed by atoms with Crippen LogP contribution in [0.1, 0.15) is 17.3 Å². The van der Waals surface area contributed by atoms with E-state index in [0.29, 0.717) is 30.5 Å². The van der Waals surface area contributed by atoms with Gasteiger partial charge in [-0.25, -0.2) is 13.4 Å². The molecule has 2 aromatic heterocycles. The van der Waals surface area contributed by atoms with Crippen LogP contribution in [-0.2, 0) is 27.6 Å². The van der Waals surface area contributed by atoms with Crippen molar-refractivity contribution in [3.63, 3.8) is 0 Å². The van der Waals surface area contributed by atoms with E-state index in [9.17, 15) is 13.2 Å². The van der Waals surface area contributed by atoms with Gasteiger partial charge >= 0.3 is 0 Å².